The van der Waals surface area contributed by atoms with Crippen molar-refractivity contribution in [2.45, 2.75) is 27.3 Å². The Morgan fingerprint density at radius 2 is 2.38 bits per heavy atom. The molecule has 0 radical (unpaired) electrons. The highest BCUT2D eigenvalue weighted by Gasteiger charge is 1.98. The van der Waals surface area contributed by atoms with E-state index in [4.69, 9.17) is 0 Å². The Balaban J connectivity index is 2.42. The van der Waals surface area contributed by atoms with Gasteiger partial charge in [-0.15, -0.1) is 0 Å². The van der Waals surface area contributed by atoms with Crippen LogP contribution in [0.1, 0.15) is 26.3 Å². The van der Waals surface area contributed by atoms with Gasteiger partial charge in [0.25, 0.3) is 0 Å². The number of rotatable bonds is 5. The summed E-state index contributed by atoms with van der Waals surface area (Å²) in [7, 11) is 0. The minimum Gasteiger partial charge on any atom is -0.353 e. The van der Waals surface area contributed by atoms with Crippen LogP contribution in [0.15, 0.2) is 18.5 Å². The maximum absolute atomic E-state index is 10.6. The predicted octanol–water partition coefficient (Wildman–Crippen LogP) is 1.69. The van der Waals surface area contributed by atoms with E-state index < -0.39 is 0 Å². The highest BCUT2D eigenvalue weighted by atomic mass is 16.1. The van der Waals surface area contributed by atoms with E-state index in [0.29, 0.717) is 12.5 Å². The first-order valence-electron chi connectivity index (χ1n) is 5.51. The number of hydrogen-bond donors (Lipinski definition) is 1. The molecular formula is C12H19N3O. The zero-order chi connectivity index (χ0) is 12.0. The molecular weight excluding hydrogens is 202 g/mol. The monoisotopic (exact) mass is 221 g/mol. The maximum atomic E-state index is 10.6. The largest absolute Gasteiger partial charge is 0.353 e. The zero-order valence-electron chi connectivity index (χ0n) is 10.1. The van der Waals surface area contributed by atoms with Gasteiger partial charge in [0.15, 0.2) is 0 Å². The molecule has 1 rings (SSSR count). The highest BCUT2D eigenvalue weighted by molar-refractivity contribution is 5.73. The van der Waals surface area contributed by atoms with Crippen molar-refractivity contribution in [3.63, 3.8) is 0 Å². The van der Waals surface area contributed by atoms with E-state index in [2.05, 4.69) is 24.3 Å². The van der Waals surface area contributed by atoms with Crippen molar-refractivity contribution < 1.29 is 4.79 Å². The number of carbonyl (C=O) groups excluding carboxylic acids is 1. The molecule has 0 saturated carbocycles. The molecule has 1 N–H and O–H groups in total. The Hall–Kier alpha value is -1.58. The molecule has 1 amide bonds. The van der Waals surface area contributed by atoms with Crippen LogP contribution in [0.25, 0.3) is 6.08 Å². The molecule has 0 fully saturated rings. The fraction of sp³-hybridized carbons (Fsp3) is 0.500. The first-order chi connectivity index (χ1) is 7.58. The van der Waals surface area contributed by atoms with Gasteiger partial charge in [-0.3, -0.25) is 9.48 Å². The van der Waals surface area contributed by atoms with Crippen LogP contribution in [0.3, 0.4) is 0 Å². The van der Waals surface area contributed by atoms with Crippen molar-refractivity contribution in [2.75, 3.05) is 6.54 Å². The molecule has 0 unspecified atom stereocenters. The molecule has 16 heavy (non-hydrogen) atoms. The quantitative estimate of drug-likeness (QED) is 0.822. The van der Waals surface area contributed by atoms with E-state index in [9.17, 15) is 4.79 Å². The summed E-state index contributed by atoms with van der Waals surface area (Å²) < 4.78 is 1.93. The third-order valence-corrected chi connectivity index (χ3v) is 1.98. The Labute approximate surface area is 96.3 Å². The van der Waals surface area contributed by atoms with E-state index in [1.165, 1.54) is 6.92 Å². The summed E-state index contributed by atoms with van der Waals surface area (Å²) in [5.74, 6) is 0.580. The Morgan fingerprint density at radius 1 is 1.62 bits per heavy atom. The first-order valence-corrected chi connectivity index (χ1v) is 5.51. The summed E-state index contributed by atoms with van der Waals surface area (Å²) in [4.78, 5) is 10.6. The average Bonchev–Trinajstić information content (AvgIpc) is 2.59. The summed E-state index contributed by atoms with van der Waals surface area (Å²) in [5.41, 5.74) is 1.06. The molecule has 1 heterocycles. The number of nitrogens with one attached hydrogen (secondary N) is 1. The van der Waals surface area contributed by atoms with Crippen molar-refractivity contribution in [3.8, 4) is 0 Å². The molecule has 0 spiro atoms. The third kappa shape index (κ3) is 4.77. The number of hydrogen-bond acceptors (Lipinski definition) is 2. The maximum Gasteiger partial charge on any atom is 0.217 e. The fourth-order valence-corrected chi connectivity index (χ4v) is 1.34. The third-order valence-electron chi connectivity index (χ3n) is 1.98. The fourth-order valence-electron chi connectivity index (χ4n) is 1.34. The van der Waals surface area contributed by atoms with Crippen LogP contribution in [0, 0.1) is 5.92 Å². The van der Waals surface area contributed by atoms with Gasteiger partial charge < -0.3 is 5.32 Å². The van der Waals surface area contributed by atoms with Gasteiger partial charge in [0, 0.05) is 31.8 Å². The minimum atomic E-state index is -0.0137. The first kappa shape index (κ1) is 12.5. The molecule has 0 aliphatic heterocycles. The number of nitrogens with zero attached hydrogens (tertiary/aromatic N) is 2. The molecule has 1 aromatic heterocycles. The summed E-state index contributed by atoms with van der Waals surface area (Å²) in [6, 6.07) is 0. The number of aromatic nitrogens is 2. The van der Waals surface area contributed by atoms with Crippen LogP contribution in [0.2, 0.25) is 0 Å². The molecule has 88 valence electrons. The standard InChI is InChI=1S/C12H19N3O/c1-10(2)8-15-9-12(7-14-15)5-4-6-13-11(3)16/h4-5,7,9-10H,6,8H2,1-3H3,(H,13,16). The van der Waals surface area contributed by atoms with Gasteiger partial charge in [-0.25, -0.2) is 0 Å². The summed E-state index contributed by atoms with van der Waals surface area (Å²) in [6.45, 7) is 7.32. The van der Waals surface area contributed by atoms with Crippen molar-refractivity contribution in [1.82, 2.24) is 15.1 Å². The van der Waals surface area contributed by atoms with Crippen molar-refractivity contribution >= 4 is 12.0 Å². The second-order valence-electron chi connectivity index (χ2n) is 4.23. The van der Waals surface area contributed by atoms with Crippen LogP contribution >= 0.6 is 0 Å². The summed E-state index contributed by atoms with van der Waals surface area (Å²) in [5, 5.41) is 6.95. The zero-order valence-corrected chi connectivity index (χ0v) is 10.1. The van der Waals surface area contributed by atoms with E-state index >= 15 is 0 Å². The number of amides is 1. The van der Waals surface area contributed by atoms with E-state index in [0.717, 1.165) is 12.1 Å². The molecule has 0 saturated heterocycles. The van der Waals surface area contributed by atoms with Gasteiger partial charge in [-0.1, -0.05) is 26.0 Å². The summed E-state index contributed by atoms with van der Waals surface area (Å²) in [6.07, 6.45) is 7.70. The molecule has 4 nitrogen and oxygen atoms in total. The predicted molar refractivity (Wildman–Crippen MR) is 64.8 cm³/mol. The van der Waals surface area contributed by atoms with Crippen molar-refractivity contribution in [2.24, 2.45) is 5.92 Å². The van der Waals surface area contributed by atoms with Crippen LogP contribution < -0.4 is 5.32 Å². The average molecular weight is 221 g/mol. The van der Waals surface area contributed by atoms with Gasteiger partial charge >= 0.3 is 0 Å². The van der Waals surface area contributed by atoms with E-state index in [-0.39, 0.29) is 5.91 Å². The van der Waals surface area contributed by atoms with Gasteiger partial charge in [0.1, 0.15) is 0 Å². The second-order valence-corrected chi connectivity index (χ2v) is 4.23. The van der Waals surface area contributed by atoms with Crippen LogP contribution in [0.4, 0.5) is 0 Å². The van der Waals surface area contributed by atoms with Crippen LogP contribution in [-0.4, -0.2) is 22.2 Å². The lowest BCUT2D eigenvalue weighted by atomic mass is 10.2. The van der Waals surface area contributed by atoms with Gasteiger partial charge in [0.05, 0.1) is 6.20 Å². The van der Waals surface area contributed by atoms with Gasteiger partial charge in [0.2, 0.25) is 5.91 Å². The molecule has 0 bridgehead atoms. The van der Waals surface area contributed by atoms with Gasteiger partial charge in [-0.2, -0.15) is 5.10 Å². The second kappa shape index (κ2) is 6.10. The highest BCUT2D eigenvalue weighted by Crippen LogP contribution is 2.03. The smallest absolute Gasteiger partial charge is 0.217 e. The lowest BCUT2D eigenvalue weighted by molar-refractivity contribution is -0.118. The molecule has 0 aromatic carbocycles. The molecule has 0 atom stereocenters. The van der Waals surface area contributed by atoms with Crippen molar-refractivity contribution in [1.29, 1.82) is 0 Å². The van der Waals surface area contributed by atoms with E-state index in [1.54, 1.807) is 0 Å². The number of carbonyl (C=O) groups is 1. The molecule has 0 aliphatic carbocycles. The summed E-state index contributed by atoms with van der Waals surface area (Å²) >= 11 is 0. The Kier molecular flexibility index (Phi) is 4.76. The normalized spacial score (nSPS) is 11.2. The lowest BCUT2D eigenvalue weighted by Gasteiger charge is -2.02. The minimum absolute atomic E-state index is 0.0137. The Morgan fingerprint density at radius 3 is 3.00 bits per heavy atom. The van der Waals surface area contributed by atoms with Crippen molar-refractivity contribution in [3.05, 3.63) is 24.0 Å². The van der Waals surface area contributed by atoms with Gasteiger partial charge in [-0.05, 0) is 5.92 Å². The topological polar surface area (TPSA) is 46.9 Å². The van der Waals surface area contributed by atoms with Crippen LogP contribution in [-0.2, 0) is 11.3 Å². The molecule has 4 heteroatoms. The van der Waals surface area contributed by atoms with E-state index in [1.807, 2.05) is 29.2 Å². The van der Waals surface area contributed by atoms with Crippen LogP contribution in [0.5, 0.6) is 0 Å². The molecule has 0 aliphatic rings. The SMILES string of the molecule is CC(=O)NCC=Cc1cnn(CC(C)C)c1. The molecule has 1 aromatic rings. The Bertz CT molecular complexity index is 366. The lowest BCUT2D eigenvalue weighted by Crippen LogP contribution is -2.19.